The maximum absolute atomic E-state index is 12.5. The van der Waals surface area contributed by atoms with Crippen LogP contribution in [0.3, 0.4) is 0 Å². The first-order valence-corrected chi connectivity index (χ1v) is 8.68. The van der Waals surface area contributed by atoms with Crippen LogP contribution in [0.2, 0.25) is 0 Å². The Morgan fingerprint density at radius 3 is 2.18 bits per heavy atom. The van der Waals surface area contributed by atoms with Gasteiger partial charge in [0.1, 0.15) is 5.60 Å². The number of amides is 2. The van der Waals surface area contributed by atoms with Crippen LogP contribution in [-0.4, -0.2) is 38.0 Å². The highest BCUT2D eigenvalue weighted by molar-refractivity contribution is 5.92. The zero-order valence-corrected chi connectivity index (χ0v) is 17.3. The van der Waals surface area contributed by atoms with Gasteiger partial charge in [0.25, 0.3) is 0 Å². The smallest absolute Gasteiger partial charge is 0.411 e. The molecule has 8 nitrogen and oxygen atoms in total. The molecule has 0 spiro atoms. The maximum atomic E-state index is 12.5. The fourth-order valence-corrected chi connectivity index (χ4v) is 2.47. The summed E-state index contributed by atoms with van der Waals surface area (Å²) >= 11 is 0. The van der Waals surface area contributed by atoms with Crippen LogP contribution in [-0.2, 0) is 19.0 Å². The number of hydrogen-bond acceptors (Lipinski definition) is 6. The number of carbonyl (C=O) groups excluding carboxylic acids is 3. The summed E-state index contributed by atoms with van der Waals surface area (Å²) in [4.78, 5) is 36.6. The molecule has 1 atom stereocenters. The molecule has 1 rings (SSSR count). The second kappa shape index (κ2) is 9.77. The molecule has 0 radical (unpaired) electrons. The molecule has 0 aliphatic rings. The second-order valence-electron chi connectivity index (χ2n) is 7.14. The molecular weight excluding hydrogens is 364 g/mol. The molecule has 0 aliphatic carbocycles. The summed E-state index contributed by atoms with van der Waals surface area (Å²) in [6, 6.07) is 6.32. The van der Waals surface area contributed by atoms with Crippen molar-refractivity contribution in [3.8, 4) is 0 Å². The Morgan fingerprint density at radius 2 is 1.68 bits per heavy atom. The quantitative estimate of drug-likeness (QED) is 0.452. The number of ether oxygens (including phenoxy) is 3. The zero-order valence-electron chi connectivity index (χ0n) is 17.3. The van der Waals surface area contributed by atoms with Gasteiger partial charge in [-0.3, -0.25) is 5.32 Å². The first kappa shape index (κ1) is 23.0. The Balaban J connectivity index is 3.42. The Labute approximate surface area is 165 Å². The molecule has 0 saturated carbocycles. The minimum Gasteiger partial charge on any atom is -0.466 e. The van der Waals surface area contributed by atoms with Crippen molar-refractivity contribution in [3.05, 3.63) is 46.7 Å². The predicted molar refractivity (Wildman–Crippen MR) is 104 cm³/mol. The van der Waals surface area contributed by atoms with Gasteiger partial charge in [0, 0.05) is 5.70 Å². The highest BCUT2D eigenvalue weighted by Gasteiger charge is 2.29. The van der Waals surface area contributed by atoms with Crippen molar-refractivity contribution in [2.45, 2.75) is 46.3 Å². The average molecular weight is 392 g/mol. The van der Waals surface area contributed by atoms with Gasteiger partial charge in [-0.25, -0.2) is 14.4 Å². The molecule has 0 fully saturated rings. The number of benzene rings is 1. The van der Waals surface area contributed by atoms with Crippen LogP contribution in [0.4, 0.5) is 9.59 Å². The third kappa shape index (κ3) is 6.94. The fraction of sp³-hybridized carbons (Fsp3) is 0.450. The molecule has 8 heteroatoms. The molecule has 2 amide bonds. The van der Waals surface area contributed by atoms with Crippen molar-refractivity contribution >= 4 is 18.2 Å². The largest absolute Gasteiger partial charge is 0.466 e. The maximum Gasteiger partial charge on any atom is 0.411 e. The molecule has 154 valence electrons. The van der Waals surface area contributed by atoms with Crippen LogP contribution in [0, 0.1) is 6.92 Å². The van der Waals surface area contributed by atoms with Crippen LogP contribution in [0.15, 0.2) is 35.5 Å². The fourth-order valence-electron chi connectivity index (χ4n) is 2.47. The van der Waals surface area contributed by atoms with Crippen molar-refractivity contribution in [2.24, 2.45) is 0 Å². The van der Waals surface area contributed by atoms with E-state index in [4.69, 9.17) is 9.47 Å². The minimum atomic E-state index is -0.908. The van der Waals surface area contributed by atoms with Crippen molar-refractivity contribution in [1.82, 2.24) is 10.6 Å². The van der Waals surface area contributed by atoms with Crippen LogP contribution in [0.5, 0.6) is 0 Å². The highest BCUT2D eigenvalue weighted by atomic mass is 16.6. The number of methoxy groups -OCH3 is 2. The second-order valence-corrected chi connectivity index (χ2v) is 7.14. The number of hydrogen-bond donors (Lipinski definition) is 2. The molecular formula is C20H28N2O6. The SMILES string of the molecule is COC(=O)N[C@H](/C(C(=O)OC)=C(\C)NC(=O)OC(C)(C)C)c1cccc(C)c1. The summed E-state index contributed by atoms with van der Waals surface area (Å²) < 4.78 is 14.8. The number of aryl methyl sites for hydroxylation is 1. The Hall–Kier alpha value is -3.03. The van der Waals surface area contributed by atoms with Gasteiger partial charge in [-0.05, 0) is 40.2 Å². The Morgan fingerprint density at radius 1 is 1.04 bits per heavy atom. The van der Waals surface area contributed by atoms with E-state index in [2.05, 4.69) is 15.4 Å². The van der Waals surface area contributed by atoms with E-state index in [0.717, 1.165) is 5.56 Å². The van der Waals surface area contributed by atoms with E-state index in [-0.39, 0.29) is 11.3 Å². The number of carbonyl (C=O) groups is 3. The lowest BCUT2D eigenvalue weighted by Gasteiger charge is -2.24. The van der Waals surface area contributed by atoms with E-state index in [1.165, 1.54) is 21.1 Å². The normalized spacial score (nSPS) is 13.0. The molecule has 1 aromatic carbocycles. The standard InChI is InChI=1S/C20H28N2O6/c1-12-9-8-10-14(11-12)16(22-18(24)27-7)15(17(23)26-6)13(2)21-19(25)28-20(3,4)5/h8-11,16H,1-7H3,(H,21,25)(H,22,24)/b15-13-/t16-/m0/s1. The molecule has 0 aliphatic heterocycles. The van der Waals surface area contributed by atoms with Gasteiger partial charge in [-0.2, -0.15) is 0 Å². The predicted octanol–water partition coefficient (Wildman–Crippen LogP) is 3.36. The summed E-state index contributed by atoms with van der Waals surface area (Å²) in [5.41, 5.74) is 1.07. The summed E-state index contributed by atoms with van der Waals surface area (Å²) in [5, 5.41) is 5.15. The van der Waals surface area contributed by atoms with Gasteiger partial charge in [0.05, 0.1) is 25.8 Å². The molecule has 0 saturated heterocycles. The van der Waals surface area contributed by atoms with Gasteiger partial charge in [-0.1, -0.05) is 29.8 Å². The van der Waals surface area contributed by atoms with Crippen LogP contribution in [0.25, 0.3) is 0 Å². The number of rotatable bonds is 5. The number of nitrogens with one attached hydrogen (secondary N) is 2. The van der Waals surface area contributed by atoms with E-state index in [1.807, 2.05) is 19.1 Å². The minimum absolute atomic E-state index is 0.0457. The van der Waals surface area contributed by atoms with Gasteiger partial charge >= 0.3 is 18.2 Å². The third-order valence-electron chi connectivity index (χ3n) is 3.61. The van der Waals surface area contributed by atoms with Crippen LogP contribution in [0.1, 0.15) is 44.9 Å². The summed E-state index contributed by atoms with van der Waals surface area (Å²) in [5.74, 6) is -0.712. The number of alkyl carbamates (subject to hydrolysis) is 2. The van der Waals surface area contributed by atoms with E-state index in [0.29, 0.717) is 5.56 Å². The Kier molecular flexibility index (Phi) is 8.03. The van der Waals surface area contributed by atoms with Crippen LogP contribution < -0.4 is 10.6 Å². The zero-order chi connectivity index (χ0) is 21.5. The first-order chi connectivity index (χ1) is 13.0. The van der Waals surface area contributed by atoms with E-state index in [1.54, 1.807) is 32.9 Å². The third-order valence-corrected chi connectivity index (χ3v) is 3.61. The average Bonchev–Trinajstić information content (AvgIpc) is 2.58. The molecule has 0 aromatic heterocycles. The van der Waals surface area contributed by atoms with Crippen molar-refractivity contribution in [2.75, 3.05) is 14.2 Å². The highest BCUT2D eigenvalue weighted by Crippen LogP contribution is 2.26. The topological polar surface area (TPSA) is 103 Å². The molecule has 1 aromatic rings. The van der Waals surface area contributed by atoms with Crippen molar-refractivity contribution in [1.29, 1.82) is 0 Å². The lowest BCUT2D eigenvalue weighted by molar-refractivity contribution is -0.136. The van der Waals surface area contributed by atoms with Crippen molar-refractivity contribution in [3.63, 3.8) is 0 Å². The summed E-state index contributed by atoms with van der Waals surface area (Å²) in [6.07, 6.45) is -1.47. The molecule has 0 unspecified atom stereocenters. The number of allylic oxidation sites excluding steroid dienone is 1. The van der Waals surface area contributed by atoms with Crippen LogP contribution >= 0.6 is 0 Å². The van der Waals surface area contributed by atoms with E-state index >= 15 is 0 Å². The molecule has 28 heavy (non-hydrogen) atoms. The lowest BCUT2D eigenvalue weighted by Crippen LogP contribution is -2.36. The summed E-state index contributed by atoms with van der Waals surface area (Å²) in [7, 11) is 2.44. The van der Waals surface area contributed by atoms with Crippen molar-refractivity contribution < 1.29 is 28.6 Å². The lowest BCUT2D eigenvalue weighted by atomic mass is 9.95. The Bertz CT molecular complexity index is 764. The van der Waals surface area contributed by atoms with Gasteiger partial charge in [-0.15, -0.1) is 0 Å². The monoisotopic (exact) mass is 392 g/mol. The van der Waals surface area contributed by atoms with E-state index in [9.17, 15) is 14.4 Å². The van der Waals surface area contributed by atoms with Gasteiger partial charge in [0.2, 0.25) is 0 Å². The number of esters is 1. The van der Waals surface area contributed by atoms with E-state index < -0.39 is 29.8 Å². The molecule has 0 bridgehead atoms. The molecule has 0 heterocycles. The summed E-state index contributed by atoms with van der Waals surface area (Å²) in [6.45, 7) is 8.58. The van der Waals surface area contributed by atoms with Gasteiger partial charge < -0.3 is 19.5 Å². The molecule has 2 N–H and O–H groups in total. The van der Waals surface area contributed by atoms with Gasteiger partial charge in [0.15, 0.2) is 0 Å². The first-order valence-electron chi connectivity index (χ1n) is 8.68.